The minimum Gasteiger partial charge on any atom is -0.548 e. The van der Waals surface area contributed by atoms with Gasteiger partial charge in [0.25, 0.3) is 5.91 Å². The highest BCUT2D eigenvalue weighted by atomic mass is 32.2. The van der Waals surface area contributed by atoms with E-state index < -0.39 is 12.0 Å². The third kappa shape index (κ3) is 2.51. The Labute approximate surface area is 103 Å². The minimum absolute atomic E-state index is 0.248. The van der Waals surface area contributed by atoms with Gasteiger partial charge in [0, 0.05) is 0 Å². The Kier molecular flexibility index (Phi) is 4.26. The molecule has 0 N–H and O–H groups in total. The molecule has 0 unspecified atom stereocenters. The number of aliphatic carboxylic acids is 1. The maximum Gasteiger partial charge on any atom is 0.266 e. The minimum atomic E-state index is -1.32. The number of nitrogens with zero attached hydrogens (tertiary/aromatic N) is 1. The van der Waals surface area contributed by atoms with E-state index in [-0.39, 0.29) is 10.2 Å². The first-order chi connectivity index (χ1) is 7.49. The lowest BCUT2D eigenvalue weighted by molar-refractivity contribution is -0.309. The Hall–Kier alpha value is -1.14. The lowest BCUT2D eigenvalue weighted by Crippen LogP contribution is -2.48. The van der Waals surface area contributed by atoms with Gasteiger partial charge in [0.05, 0.1) is 16.9 Å². The summed E-state index contributed by atoms with van der Waals surface area (Å²) >= 11 is 6.05. The van der Waals surface area contributed by atoms with E-state index in [2.05, 4.69) is 0 Å². The highest BCUT2D eigenvalue weighted by Crippen LogP contribution is 2.32. The lowest BCUT2D eigenvalue weighted by atomic mass is 10.3. The van der Waals surface area contributed by atoms with Crippen LogP contribution < -0.4 is 5.11 Å². The number of carbonyl (C=O) groups excluding carboxylic acids is 2. The number of rotatable bonds is 3. The summed E-state index contributed by atoms with van der Waals surface area (Å²) in [5.74, 6) is -1.70. The van der Waals surface area contributed by atoms with Crippen molar-refractivity contribution >= 4 is 40.2 Å². The van der Waals surface area contributed by atoms with Crippen LogP contribution >= 0.6 is 24.0 Å². The summed E-state index contributed by atoms with van der Waals surface area (Å²) in [5, 5.41) is 10.7. The molecule has 0 spiro atoms. The smallest absolute Gasteiger partial charge is 0.266 e. The topological polar surface area (TPSA) is 60.4 Å². The van der Waals surface area contributed by atoms with Crippen LogP contribution in [0.3, 0.4) is 0 Å². The van der Waals surface area contributed by atoms with Crippen LogP contribution in [0.5, 0.6) is 0 Å². The van der Waals surface area contributed by atoms with Gasteiger partial charge in [-0.25, -0.2) is 0 Å². The second-order valence-electron chi connectivity index (χ2n) is 3.09. The fourth-order valence-corrected chi connectivity index (χ4v) is 2.49. The number of carboxylic acid groups (broad SMARTS) is 1. The molecule has 86 valence electrons. The molecule has 16 heavy (non-hydrogen) atoms. The predicted octanol–water partition coefficient (Wildman–Crippen LogP) is 0.445. The van der Waals surface area contributed by atoms with Gasteiger partial charge < -0.3 is 9.90 Å². The van der Waals surface area contributed by atoms with E-state index in [0.29, 0.717) is 4.91 Å². The Morgan fingerprint density at radius 1 is 1.62 bits per heavy atom. The van der Waals surface area contributed by atoms with Gasteiger partial charge >= 0.3 is 0 Å². The standard InChI is InChI=1S/C10H11NO3S2/c1-3-4-5-7-8(12)11(10(15)16-7)6(2)9(13)14/h3-6H,1-2H3,(H,13,14)/p-1/b4-3+,7-5-/t6-/m0/s1. The number of carboxylic acids is 1. The zero-order chi connectivity index (χ0) is 12.3. The first kappa shape index (κ1) is 12.9. The van der Waals surface area contributed by atoms with Crippen molar-refractivity contribution < 1.29 is 14.7 Å². The van der Waals surface area contributed by atoms with Gasteiger partial charge in [-0.2, -0.15) is 0 Å². The van der Waals surface area contributed by atoms with Gasteiger partial charge in [-0.05, 0) is 19.9 Å². The summed E-state index contributed by atoms with van der Waals surface area (Å²) in [6.45, 7) is 3.19. The average Bonchev–Trinajstić information content (AvgIpc) is 2.50. The predicted molar refractivity (Wildman–Crippen MR) is 64.4 cm³/mol. The van der Waals surface area contributed by atoms with E-state index >= 15 is 0 Å². The summed E-state index contributed by atoms with van der Waals surface area (Å²) in [6, 6.07) is -1.04. The van der Waals surface area contributed by atoms with E-state index in [4.69, 9.17) is 12.2 Å². The maximum atomic E-state index is 11.8. The van der Waals surface area contributed by atoms with Crippen LogP contribution in [0.4, 0.5) is 0 Å². The molecule has 1 aliphatic rings. The van der Waals surface area contributed by atoms with Gasteiger partial charge in [-0.3, -0.25) is 9.69 Å². The lowest BCUT2D eigenvalue weighted by Gasteiger charge is -2.23. The molecule has 1 rings (SSSR count). The summed E-state index contributed by atoms with van der Waals surface area (Å²) in [7, 11) is 0. The molecule has 0 aromatic heterocycles. The van der Waals surface area contributed by atoms with Gasteiger partial charge in [0.2, 0.25) is 0 Å². The van der Waals surface area contributed by atoms with Crippen molar-refractivity contribution in [2.75, 3.05) is 0 Å². The van der Waals surface area contributed by atoms with Gasteiger partial charge in [-0.1, -0.05) is 36.1 Å². The molecule has 0 aromatic rings. The first-order valence-electron chi connectivity index (χ1n) is 4.58. The van der Waals surface area contributed by atoms with Gasteiger partial charge in [0.1, 0.15) is 4.32 Å². The Morgan fingerprint density at radius 2 is 2.25 bits per heavy atom. The second kappa shape index (κ2) is 5.27. The van der Waals surface area contributed by atoms with E-state index in [1.165, 1.54) is 6.92 Å². The number of carbonyl (C=O) groups is 2. The normalized spacial score (nSPS) is 21.1. The maximum absolute atomic E-state index is 11.8. The van der Waals surface area contributed by atoms with Crippen LogP contribution in [0.1, 0.15) is 13.8 Å². The van der Waals surface area contributed by atoms with Crippen molar-refractivity contribution in [3.63, 3.8) is 0 Å². The average molecular weight is 256 g/mol. The Bertz CT molecular complexity index is 401. The summed E-state index contributed by atoms with van der Waals surface area (Å²) < 4.78 is 0.248. The largest absolute Gasteiger partial charge is 0.548 e. The zero-order valence-electron chi connectivity index (χ0n) is 8.80. The number of hydrogen-bond donors (Lipinski definition) is 0. The molecule has 0 radical (unpaired) electrons. The van der Waals surface area contributed by atoms with Gasteiger partial charge in [0.15, 0.2) is 0 Å². The second-order valence-corrected chi connectivity index (χ2v) is 4.77. The molecule has 1 aliphatic heterocycles. The highest BCUT2D eigenvalue weighted by Gasteiger charge is 2.35. The molecule has 6 heteroatoms. The monoisotopic (exact) mass is 256 g/mol. The van der Waals surface area contributed by atoms with E-state index in [1.54, 1.807) is 18.2 Å². The summed E-state index contributed by atoms with van der Waals surface area (Å²) in [5.41, 5.74) is 0. The van der Waals surface area contributed by atoms with Crippen molar-refractivity contribution in [3.8, 4) is 0 Å². The molecule has 0 aromatic carbocycles. The first-order valence-corrected chi connectivity index (χ1v) is 5.80. The molecule has 0 aliphatic carbocycles. The number of thiocarbonyl (C=S) groups is 1. The number of thioether (sulfide) groups is 1. The zero-order valence-corrected chi connectivity index (χ0v) is 10.4. The van der Waals surface area contributed by atoms with Crippen molar-refractivity contribution in [2.24, 2.45) is 0 Å². The molecule has 1 atom stereocenters. The van der Waals surface area contributed by atoms with E-state index in [1.807, 2.05) is 6.92 Å². The Balaban J connectivity index is 2.96. The summed E-state index contributed by atoms with van der Waals surface area (Å²) in [4.78, 5) is 24.0. The molecule has 1 heterocycles. The highest BCUT2D eigenvalue weighted by molar-refractivity contribution is 8.26. The molecule has 1 fully saturated rings. The molecule has 1 amide bonds. The van der Waals surface area contributed by atoms with Crippen molar-refractivity contribution in [1.82, 2.24) is 4.90 Å². The number of amides is 1. The van der Waals surface area contributed by atoms with Crippen molar-refractivity contribution in [3.05, 3.63) is 23.1 Å². The molecule has 0 saturated carbocycles. The van der Waals surface area contributed by atoms with Crippen LogP contribution in [0, 0.1) is 0 Å². The van der Waals surface area contributed by atoms with Crippen LogP contribution in [0.2, 0.25) is 0 Å². The molecule has 1 saturated heterocycles. The van der Waals surface area contributed by atoms with Crippen LogP contribution in [0.15, 0.2) is 23.1 Å². The Morgan fingerprint density at radius 3 is 2.75 bits per heavy atom. The van der Waals surface area contributed by atoms with E-state index in [0.717, 1.165) is 16.7 Å². The molecule has 4 nitrogen and oxygen atoms in total. The molecular formula is C10H10NO3S2-. The third-order valence-corrected chi connectivity index (χ3v) is 3.34. The number of hydrogen-bond acceptors (Lipinski definition) is 5. The van der Waals surface area contributed by atoms with Crippen LogP contribution in [-0.2, 0) is 9.59 Å². The van der Waals surface area contributed by atoms with E-state index in [9.17, 15) is 14.7 Å². The van der Waals surface area contributed by atoms with Crippen LogP contribution in [0.25, 0.3) is 0 Å². The van der Waals surface area contributed by atoms with Crippen LogP contribution in [-0.4, -0.2) is 27.1 Å². The molecular weight excluding hydrogens is 246 g/mol. The summed E-state index contributed by atoms with van der Waals surface area (Å²) in [6.07, 6.45) is 5.09. The fourth-order valence-electron chi connectivity index (χ4n) is 1.12. The third-order valence-electron chi connectivity index (χ3n) is 1.99. The molecule has 0 bridgehead atoms. The number of allylic oxidation sites excluding steroid dienone is 3. The fraction of sp³-hybridized carbons (Fsp3) is 0.300. The SMILES string of the molecule is C/C=C/C=C1\SC(=S)N([C@@H](C)C(=O)[O-])C1=O. The quantitative estimate of drug-likeness (QED) is 0.542. The van der Waals surface area contributed by atoms with Crippen molar-refractivity contribution in [2.45, 2.75) is 19.9 Å². The van der Waals surface area contributed by atoms with Crippen molar-refractivity contribution in [1.29, 1.82) is 0 Å². The van der Waals surface area contributed by atoms with Gasteiger partial charge in [-0.15, -0.1) is 0 Å².